The summed E-state index contributed by atoms with van der Waals surface area (Å²) in [5, 5.41) is 3.04. The summed E-state index contributed by atoms with van der Waals surface area (Å²) in [7, 11) is 0. The molecule has 4 N–H and O–H groups in total. The minimum absolute atomic E-state index is 0.0142. The maximum absolute atomic E-state index is 12.0. The molecule has 0 radical (unpaired) electrons. The molecule has 0 spiro atoms. The van der Waals surface area contributed by atoms with Crippen LogP contribution in [0.15, 0.2) is 47.4 Å². The zero-order valence-electron chi connectivity index (χ0n) is 13.9. The van der Waals surface area contributed by atoms with E-state index in [0.717, 1.165) is 11.3 Å². The van der Waals surface area contributed by atoms with E-state index >= 15 is 0 Å². The average molecular weight is 352 g/mol. The first-order valence-electron chi connectivity index (χ1n) is 7.71. The second-order valence-corrected chi connectivity index (χ2v) is 5.36. The second-order valence-electron chi connectivity index (χ2n) is 5.36. The van der Waals surface area contributed by atoms with E-state index in [-0.39, 0.29) is 29.9 Å². The number of carbonyl (C=O) groups excluding carboxylic acids is 1. The molecule has 0 aliphatic heterocycles. The molecule has 1 aromatic carbocycles. The fraction of sp³-hybridized carbons (Fsp3) is 0.118. The Balaban J connectivity index is 1.74. The fourth-order valence-corrected chi connectivity index (χ4v) is 2.18. The number of nitrogens with two attached hydrogens (primary N) is 1. The van der Waals surface area contributed by atoms with Crippen LogP contribution in [0.4, 0.5) is 17.6 Å². The number of aromatic amines is 1. The Labute approximate surface area is 148 Å². The van der Waals surface area contributed by atoms with Crippen LogP contribution in [0.5, 0.6) is 0 Å². The molecule has 2 heterocycles. The quantitative estimate of drug-likeness (QED) is 0.588. The smallest absolute Gasteiger partial charge is 0.344 e. The first-order chi connectivity index (χ1) is 12.5. The molecule has 9 heteroatoms. The molecule has 0 bridgehead atoms. The number of H-pyrrole nitrogens is 1. The third kappa shape index (κ3) is 4.01. The summed E-state index contributed by atoms with van der Waals surface area (Å²) < 4.78 is 5.08. The molecule has 0 aliphatic rings. The van der Waals surface area contributed by atoms with Crippen molar-refractivity contribution in [2.75, 3.05) is 11.1 Å². The third-order valence-electron chi connectivity index (χ3n) is 3.46. The molecule has 0 aliphatic carbocycles. The van der Waals surface area contributed by atoms with Crippen LogP contribution < -0.4 is 16.6 Å². The topological polar surface area (TPSA) is 136 Å². The zero-order chi connectivity index (χ0) is 18.5. The fourth-order valence-electron chi connectivity index (χ4n) is 2.18. The molecule has 0 atom stereocenters. The molecule has 0 fully saturated rings. The normalized spacial score (nSPS) is 10.3. The number of anilines is 3. The average Bonchev–Trinajstić information content (AvgIpc) is 2.62. The number of carbonyl (C=O) groups is 1. The Hall–Kier alpha value is -3.75. The third-order valence-corrected chi connectivity index (χ3v) is 3.46. The van der Waals surface area contributed by atoms with Crippen LogP contribution >= 0.6 is 0 Å². The van der Waals surface area contributed by atoms with Crippen molar-refractivity contribution in [2.24, 2.45) is 0 Å². The Morgan fingerprint density at radius 3 is 2.77 bits per heavy atom. The molecule has 0 unspecified atom stereocenters. The number of nitrogens with one attached hydrogen (secondary N) is 2. The molecule has 26 heavy (non-hydrogen) atoms. The van der Waals surface area contributed by atoms with Crippen molar-refractivity contribution in [3.8, 4) is 0 Å². The van der Waals surface area contributed by atoms with Crippen molar-refractivity contribution >= 4 is 23.6 Å². The van der Waals surface area contributed by atoms with E-state index in [1.165, 1.54) is 18.3 Å². The van der Waals surface area contributed by atoms with Crippen molar-refractivity contribution in [2.45, 2.75) is 13.5 Å². The van der Waals surface area contributed by atoms with Gasteiger partial charge in [-0.1, -0.05) is 18.2 Å². The number of rotatable bonds is 5. The highest BCUT2D eigenvalue weighted by atomic mass is 16.5. The molecule has 0 amide bonds. The van der Waals surface area contributed by atoms with Crippen molar-refractivity contribution in [3.63, 3.8) is 0 Å². The largest absolute Gasteiger partial charge is 0.454 e. The highest BCUT2D eigenvalue weighted by Gasteiger charge is 2.13. The van der Waals surface area contributed by atoms with Gasteiger partial charge >= 0.3 is 5.97 Å². The van der Waals surface area contributed by atoms with E-state index < -0.39 is 11.5 Å². The molecular formula is C17H16N6O3. The molecule has 3 aromatic rings. The minimum atomic E-state index is -0.778. The van der Waals surface area contributed by atoms with Gasteiger partial charge in [-0.15, -0.1) is 0 Å². The Kier molecular flexibility index (Phi) is 4.88. The number of nitrogens with zero attached hydrogens (tertiary/aromatic N) is 3. The van der Waals surface area contributed by atoms with Crippen LogP contribution in [0.2, 0.25) is 0 Å². The summed E-state index contributed by atoms with van der Waals surface area (Å²) in [6.07, 6.45) is 1.43. The number of esters is 1. The van der Waals surface area contributed by atoms with Crippen molar-refractivity contribution in [1.29, 1.82) is 0 Å². The maximum atomic E-state index is 12.0. The highest BCUT2D eigenvalue weighted by Crippen LogP contribution is 2.17. The van der Waals surface area contributed by atoms with Crippen molar-refractivity contribution in [1.82, 2.24) is 19.9 Å². The molecule has 9 nitrogen and oxygen atoms in total. The molecule has 0 saturated heterocycles. The number of benzene rings is 1. The van der Waals surface area contributed by atoms with Crippen molar-refractivity contribution in [3.05, 3.63) is 69.9 Å². The summed E-state index contributed by atoms with van der Waals surface area (Å²) in [5.74, 6) is -0.399. The highest BCUT2D eigenvalue weighted by molar-refractivity contribution is 5.88. The number of aryl methyl sites for hydroxylation is 1. The van der Waals surface area contributed by atoms with E-state index in [2.05, 4.69) is 25.3 Å². The summed E-state index contributed by atoms with van der Waals surface area (Å²) in [4.78, 5) is 38.1. The van der Waals surface area contributed by atoms with E-state index in [1.54, 1.807) is 0 Å². The molecule has 0 saturated carbocycles. The van der Waals surface area contributed by atoms with Gasteiger partial charge in [0.1, 0.15) is 5.56 Å². The summed E-state index contributed by atoms with van der Waals surface area (Å²) in [6.45, 7) is 1.69. The van der Waals surface area contributed by atoms with Crippen LogP contribution in [0.25, 0.3) is 0 Å². The van der Waals surface area contributed by atoms with E-state index in [1.807, 2.05) is 31.2 Å². The summed E-state index contributed by atoms with van der Waals surface area (Å²) in [6, 6.07) is 10.5. The number of hydrogen-bond acceptors (Lipinski definition) is 8. The second kappa shape index (κ2) is 7.43. The number of pyridine rings is 1. The van der Waals surface area contributed by atoms with Gasteiger partial charge in [-0.3, -0.25) is 4.79 Å². The standard InChI is InChI=1S/C17H16N6O3/c1-10-5-2-3-7-12(10)20-17-22-13(21-16(18)23-17)9-26-15(25)11-6-4-8-19-14(11)24/h2-8H,9H2,1H3,(H,19,24)(H3,18,20,21,22,23). The molecule has 2 aromatic heterocycles. The SMILES string of the molecule is Cc1ccccc1Nc1nc(N)nc(COC(=O)c2ccc[nH]c2=O)n1. The van der Waals surface area contributed by atoms with E-state index in [4.69, 9.17) is 10.5 Å². The zero-order valence-corrected chi connectivity index (χ0v) is 13.9. The van der Waals surface area contributed by atoms with Crippen LogP contribution in [0.1, 0.15) is 21.7 Å². The Morgan fingerprint density at radius 2 is 2.00 bits per heavy atom. The lowest BCUT2D eigenvalue weighted by molar-refractivity contribution is 0.0460. The van der Waals surface area contributed by atoms with Gasteiger partial charge < -0.3 is 20.8 Å². The molecule has 132 valence electrons. The van der Waals surface area contributed by atoms with Crippen molar-refractivity contribution < 1.29 is 9.53 Å². The number of nitrogen functional groups attached to an aromatic ring is 1. The maximum Gasteiger partial charge on any atom is 0.344 e. The Bertz CT molecular complexity index is 1000. The summed E-state index contributed by atoms with van der Waals surface area (Å²) >= 11 is 0. The van der Waals surface area contributed by atoms with Crippen LogP contribution in [0.3, 0.4) is 0 Å². The molecular weight excluding hydrogens is 336 g/mol. The van der Waals surface area contributed by atoms with Gasteiger partial charge in [0, 0.05) is 11.9 Å². The Morgan fingerprint density at radius 1 is 1.19 bits per heavy atom. The molecule has 3 rings (SSSR count). The number of para-hydroxylation sites is 1. The van der Waals surface area contributed by atoms with Crippen LogP contribution in [-0.4, -0.2) is 25.9 Å². The van der Waals surface area contributed by atoms with Crippen LogP contribution in [-0.2, 0) is 11.3 Å². The first-order valence-corrected chi connectivity index (χ1v) is 7.71. The van der Waals surface area contributed by atoms with E-state index in [9.17, 15) is 9.59 Å². The van der Waals surface area contributed by atoms with Gasteiger partial charge in [0.25, 0.3) is 5.56 Å². The number of hydrogen-bond donors (Lipinski definition) is 3. The lowest BCUT2D eigenvalue weighted by Gasteiger charge is -2.09. The van der Waals surface area contributed by atoms with Gasteiger partial charge in [-0.2, -0.15) is 15.0 Å². The number of ether oxygens (including phenoxy) is 1. The van der Waals surface area contributed by atoms with Gasteiger partial charge in [0.15, 0.2) is 12.4 Å². The van der Waals surface area contributed by atoms with E-state index in [0.29, 0.717) is 0 Å². The lowest BCUT2D eigenvalue weighted by atomic mass is 10.2. The van der Waals surface area contributed by atoms with Gasteiger partial charge in [-0.25, -0.2) is 4.79 Å². The van der Waals surface area contributed by atoms with Gasteiger partial charge in [-0.05, 0) is 30.7 Å². The predicted octanol–water partition coefficient (Wildman–Crippen LogP) is 1.55. The predicted molar refractivity (Wildman–Crippen MR) is 94.9 cm³/mol. The van der Waals surface area contributed by atoms with Crippen LogP contribution in [0, 0.1) is 6.92 Å². The number of aromatic nitrogens is 4. The monoisotopic (exact) mass is 352 g/mol. The lowest BCUT2D eigenvalue weighted by Crippen LogP contribution is -2.19. The van der Waals surface area contributed by atoms with Gasteiger partial charge in [0.2, 0.25) is 11.9 Å². The first kappa shape index (κ1) is 17.1. The summed E-state index contributed by atoms with van der Waals surface area (Å²) in [5.41, 5.74) is 6.88. The minimum Gasteiger partial charge on any atom is -0.454 e. The van der Waals surface area contributed by atoms with Gasteiger partial charge in [0.05, 0.1) is 0 Å².